The molecule has 0 aromatic rings. The predicted molar refractivity (Wildman–Crippen MR) is 38.6 cm³/mol. The molecule has 0 fully saturated rings. The fourth-order valence-electron chi connectivity index (χ4n) is 0.437. The molecule has 0 rings (SSSR count). The Balaban J connectivity index is 3.39. The van der Waals surface area contributed by atoms with Crippen LogP contribution >= 0.6 is 0 Å². The number of rotatable bonds is 1. The molecule has 47 valence electrons. The molecule has 0 nitrogen and oxygen atoms in total. The molecule has 0 atom stereocenters. The zero-order chi connectivity index (χ0) is 6.62. The van der Waals surface area contributed by atoms with Crippen molar-refractivity contribution < 1.29 is 0 Å². The van der Waals surface area contributed by atoms with E-state index < -0.39 is 0 Å². The molecule has 0 saturated carbocycles. The maximum atomic E-state index is 3.61. The average Bonchev–Trinajstić information content (AvgIpc) is 1.59. The standard InChI is InChI=1S/C8H15/c1-5-6-7-8(2,3)4/h5-6H,1,7H2,2-4H3. The smallest absolute Gasteiger partial charge is 0.0302 e. The third kappa shape index (κ3) is 5.74. The fourth-order valence-corrected chi connectivity index (χ4v) is 0.437. The first kappa shape index (κ1) is 7.74. The normalized spacial score (nSPS) is 13.0. The molecular weight excluding hydrogens is 96.1 g/mol. The highest BCUT2D eigenvalue weighted by molar-refractivity contribution is 4.87. The monoisotopic (exact) mass is 111 g/mol. The highest BCUT2D eigenvalue weighted by atomic mass is 14.1. The van der Waals surface area contributed by atoms with Crippen LogP contribution in [0, 0.1) is 12.3 Å². The first-order valence-electron chi connectivity index (χ1n) is 3.00. The van der Waals surface area contributed by atoms with E-state index in [0.717, 1.165) is 6.42 Å². The van der Waals surface area contributed by atoms with Crippen LogP contribution in [-0.4, -0.2) is 0 Å². The van der Waals surface area contributed by atoms with Gasteiger partial charge in [0.2, 0.25) is 0 Å². The Bertz CT molecular complexity index is 72.5. The maximum Gasteiger partial charge on any atom is -0.0302 e. The van der Waals surface area contributed by atoms with Crippen molar-refractivity contribution in [2.24, 2.45) is 5.41 Å². The van der Waals surface area contributed by atoms with Crippen LogP contribution in [0.4, 0.5) is 0 Å². The first-order chi connectivity index (χ1) is 3.56. The lowest BCUT2D eigenvalue weighted by molar-refractivity contribution is 0.420. The molecule has 0 spiro atoms. The largest absolute Gasteiger partial charge is 0.0882 e. The highest BCUT2D eigenvalue weighted by Crippen LogP contribution is 2.18. The van der Waals surface area contributed by atoms with E-state index in [-0.39, 0.29) is 0 Å². The molecule has 1 radical (unpaired) electrons. The average molecular weight is 111 g/mol. The van der Waals surface area contributed by atoms with Crippen molar-refractivity contribution >= 4 is 0 Å². The van der Waals surface area contributed by atoms with Crippen molar-refractivity contribution in [2.45, 2.75) is 27.2 Å². The summed E-state index contributed by atoms with van der Waals surface area (Å²) in [6, 6.07) is 0. The molecule has 0 aliphatic carbocycles. The van der Waals surface area contributed by atoms with E-state index >= 15 is 0 Å². The third-order valence-corrected chi connectivity index (χ3v) is 0.897. The second kappa shape index (κ2) is 2.91. The lowest BCUT2D eigenvalue weighted by Gasteiger charge is -2.13. The Morgan fingerprint density at radius 3 is 2.00 bits per heavy atom. The summed E-state index contributed by atoms with van der Waals surface area (Å²) in [5.74, 6) is 0. The molecule has 0 unspecified atom stereocenters. The molecule has 0 bridgehead atoms. The van der Waals surface area contributed by atoms with Crippen LogP contribution in [0.5, 0.6) is 0 Å². The van der Waals surface area contributed by atoms with Crippen molar-refractivity contribution in [3.05, 3.63) is 19.1 Å². The van der Waals surface area contributed by atoms with Gasteiger partial charge in [0.1, 0.15) is 0 Å². The van der Waals surface area contributed by atoms with Crippen LogP contribution in [0.1, 0.15) is 27.2 Å². The van der Waals surface area contributed by atoms with Crippen molar-refractivity contribution in [2.75, 3.05) is 0 Å². The lowest BCUT2D eigenvalue weighted by Crippen LogP contribution is -2.01. The van der Waals surface area contributed by atoms with E-state index in [1.807, 2.05) is 6.08 Å². The molecule has 0 amide bonds. The fraction of sp³-hybridized carbons (Fsp3) is 0.625. The van der Waals surface area contributed by atoms with Gasteiger partial charge < -0.3 is 0 Å². The molecule has 0 saturated heterocycles. The molecule has 0 N–H and O–H groups in total. The summed E-state index contributed by atoms with van der Waals surface area (Å²) < 4.78 is 0. The van der Waals surface area contributed by atoms with Gasteiger partial charge >= 0.3 is 0 Å². The Morgan fingerprint density at radius 2 is 1.88 bits per heavy atom. The molecule has 0 heterocycles. The third-order valence-electron chi connectivity index (χ3n) is 0.897. The summed E-state index contributed by atoms with van der Waals surface area (Å²) >= 11 is 0. The Labute approximate surface area is 52.6 Å². The van der Waals surface area contributed by atoms with E-state index in [9.17, 15) is 0 Å². The summed E-state index contributed by atoms with van der Waals surface area (Å²) in [6.07, 6.45) is 5.07. The first-order valence-corrected chi connectivity index (χ1v) is 3.00. The van der Waals surface area contributed by atoms with E-state index in [2.05, 4.69) is 33.8 Å². The van der Waals surface area contributed by atoms with Gasteiger partial charge in [-0.3, -0.25) is 0 Å². The van der Waals surface area contributed by atoms with Gasteiger partial charge in [0.05, 0.1) is 0 Å². The van der Waals surface area contributed by atoms with Crippen molar-refractivity contribution in [1.82, 2.24) is 0 Å². The molecule has 0 aliphatic rings. The second-order valence-corrected chi connectivity index (χ2v) is 3.24. The maximum absolute atomic E-state index is 3.61. The van der Waals surface area contributed by atoms with E-state index in [0.29, 0.717) is 5.41 Å². The van der Waals surface area contributed by atoms with E-state index in [1.54, 1.807) is 0 Å². The summed E-state index contributed by atoms with van der Waals surface area (Å²) in [4.78, 5) is 0. The van der Waals surface area contributed by atoms with Crippen LogP contribution in [-0.2, 0) is 0 Å². The van der Waals surface area contributed by atoms with Crippen LogP contribution < -0.4 is 0 Å². The molecule has 8 heavy (non-hydrogen) atoms. The lowest BCUT2D eigenvalue weighted by atomic mass is 9.92. The summed E-state index contributed by atoms with van der Waals surface area (Å²) in [5, 5.41) is 0. The van der Waals surface area contributed by atoms with Crippen LogP contribution in [0.3, 0.4) is 0 Å². The molecule has 0 aromatic carbocycles. The van der Waals surface area contributed by atoms with Gasteiger partial charge in [0.25, 0.3) is 0 Å². The van der Waals surface area contributed by atoms with Gasteiger partial charge in [-0.05, 0) is 18.8 Å². The Morgan fingerprint density at radius 1 is 1.38 bits per heavy atom. The van der Waals surface area contributed by atoms with Crippen molar-refractivity contribution in [3.8, 4) is 0 Å². The number of hydrogen-bond donors (Lipinski definition) is 0. The molecule has 0 aromatic heterocycles. The molecule has 0 aliphatic heterocycles. The summed E-state index contributed by atoms with van der Waals surface area (Å²) in [5.41, 5.74) is 0.425. The highest BCUT2D eigenvalue weighted by Gasteiger charge is 2.05. The van der Waals surface area contributed by atoms with Gasteiger partial charge in [-0.25, -0.2) is 0 Å². The number of hydrogen-bond acceptors (Lipinski definition) is 0. The van der Waals surface area contributed by atoms with Crippen molar-refractivity contribution in [1.29, 1.82) is 0 Å². The van der Waals surface area contributed by atoms with E-state index in [4.69, 9.17) is 0 Å². The van der Waals surface area contributed by atoms with Gasteiger partial charge in [-0.2, -0.15) is 0 Å². The van der Waals surface area contributed by atoms with Gasteiger partial charge in [-0.1, -0.05) is 32.9 Å². The minimum Gasteiger partial charge on any atom is -0.0882 e. The van der Waals surface area contributed by atoms with Gasteiger partial charge in [0.15, 0.2) is 0 Å². The van der Waals surface area contributed by atoms with Gasteiger partial charge in [0, 0.05) is 0 Å². The minimum absolute atomic E-state index is 0.425. The molecule has 0 heteroatoms. The van der Waals surface area contributed by atoms with Gasteiger partial charge in [-0.15, -0.1) is 0 Å². The Hall–Kier alpha value is -0.260. The van der Waals surface area contributed by atoms with Crippen LogP contribution in [0.15, 0.2) is 12.2 Å². The quantitative estimate of drug-likeness (QED) is 0.488. The SMILES string of the molecule is [CH2]C=CCC(C)(C)C. The van der Waals surface area contributed by atoms with Crippen molar-refractivity contribution in [3.63, 3.8) is 0 Å². The molecular formula is C8H15. The topological polar surface area (TPSA) is 0 Å². The number of allylic oxidation sites excluding steroid dienone is 2. The minimum atomic E-state index is 0.425. The van der Waals surface area contributed by atoms with Crippen LogP contribution in [0.2, 0.25) is 0 Å². The Kier molecular flexibility index (Phi) is 2.81. The van der Waals surface area contributed by atoms with Crippen LogP contribution in [0.25, 0.3) is 0 Å². The zero-order valence-corrected chi connectivity index (χ0v) is 6.07. The summed E-state index contributed by atoms with van der Waals surface area (Å²) in [6.45, 7) is 10.3. The predicted octanol–water partition coefficient (Wildman–Crippen LogP) is 2.81. The summed E-state index contributed by atoms with van der Waals surface area (Å²) in [7, 11) is 0. The zero-order valence-electron chi connectivity index (χ0n) is 6.07. The van der Waals surface area contributed by atoms with E-state index in [1.165, 1.54) is 0 Å². The second-order valence-electron chi connectivity index (χ2n) is 3.24.